The Morgan fingerprint density at radius 1 is 0.941 bits per heavy atom. The third-order valence-electron chi connectivity index (χ3n) is 3.42. The van der Waals surface area contributed by atoms with Gasteiger partial charge in [-0.1, -0.05) is 20.8 Å². The molecule has 2 N–H and O–H groups in total. The standard InChI is InChI=1S/C13H30N2S2/c1-5-14-9-12(3,10-16)7-8-13(4,11-17)15-6-2/h14-17H,5-11H2,1-4H3/t12-,13+/m0/s1. The highest BCUT2D eigenvalue weighted by molar-refractivity contribution is 7.80. The van der Waals surface area contributed by atoms with Crippen molar-refractivity contribution in [3.8, 4) is 0 Å². The Morgan fingerprint density at radius 2 is 1.59 bits per heavy atom. The summed E-state index contributed by atoms with van der Waals surface area (Å²) in [5.74, 6) is 1.81. The second kappa shape index (κ2) is 8.68. The molecular formula is C13H30N2S2. The number of hydrogen-bond acceptors (Lipinski definition) is 4. The van der Waals surface area contributed by atoms with Gasteiger partial charge in [-0.05, 0) is 44.0 Å². The second-order valence-electron chi connectivity index (χ2n) is 5.50. The predicted molar refractivity (Wildman–Crippen MR) is 85.7 cm³/mol. The molecule has 0 radical (unpaired) electrons. The van der Waals surface area contributed by atoms with Gasteiger partial charge < -0.3 is 10.6 Å². The van der Waals surface area contributed by atoms with E-state index in [0.717, 1.165) is 37.6 Å². The maximum atomic E-state index is 4.51. The van der Waals surface area contributed by atoms with Gasteiger partial charge in [0.1, 0.15) is 0 Å². The third kappa shape index (κ3) is 6.94. The summed E-state index contributed by atoms with van der Waals surface area (Å²) < 4.78 is 0. The lowest BCUT2D eigenvalue weighted by Gasteiger charge is -2.35. The molecule has 0 aromatic rings. The zero-order valence-electron chi connectivity index (χ0n) is 11.8. The number of nitrogens with one attached hydrogen (secondary N) is 2. The molecule has 0 aliphatic rings. The molecule has 0 saturated carbocycles. The van der Waals surface area contributed by atoms with Gasteiger partial charge in [0.2, 0.25) is 0 Å². The number of thiol groups is 2. The van der Waals surface area contributed by atoms with Crippen molar-refractivity contribution in [2.24, 2.45) is 5.41 Å². The second-order valence-corrected chi connectivity index (χ2v) is 6.13. The monoisotopic (exact) mass is 278 g/mol. The predicted octanol–water partition coefficient (Wildman–Crippen LogP) is 2.61. The fourth-order valence-electron chi connectivity index (χ4n) is 1.88. The molecule has 0 spiro atoms. The van der Waals surface area contributed by atoms with Crippen molar-refractivity contribution in [3.05, 3.63) is 0 Å². The van der Waals surface area contributed by atoms with E-state index in [-0.39, 0.29) is 11.0 Å². The number of hydrogen-bond donors (Lipinski definition) is 4. The van der Waals surface area contributed by atoms with E-state index in [1.807, 2.05) is 0 Å². The van der Waals surface area contributed by atoms with Crippen molar-refractivity contribution < 1.29 is 0 Å². The molecule has 0 amide bonds. The largest absolute Gasteiger partial charge is 0.316 e. The van der Waals surface area contributed by atoms with E-state index >= 15 is 0 Å². The Kier molecular flexibility index (Phi) is 8.99. The van der Waals surface area contributed by atoms with Crippen LogP contribution in [0.1, 0.15) is 40.5 Å². The Balaban J connectivity index is 4.27. The van der Waals surface area contributed by atoms with Gasteiger partial charge in [0.05, 0.1) is 0 Å². The average Bonchev–Trinajstić information content (AvgIpc) is 2.34. The molecule has 0 rings (SSSR count). The minimum Gasteiger partial charge on any atom is -0.316 e. The molecule has 104 valence electrons. The SMILES string of the molecule is CCNC[C@@](C)(CS)CC[C@](C)(CS)NCC. The van der Waals surface area contributed by atoms with Crippen LogP contribution in [0.5, 0.6) is 0 Å². The first-order chi connectivity index (χ1) is 7.95. The van der Waals surface area contributed by atoms with Crippen LogP contribution in [0.25, 0.3) is 0 Å². The normalized spacial score (nSPS) is 18.7. The quantitative estimate of drug-likeness (QED) is 0.462. The zero-order chi connectivity index (χ0) is 13.4. The van der Waals surface area contributed by atoms with Crippen molar-refractivity contribution in [3.63, 3.8) is 0 Å². The van der Waals surface area contributed by atoms with Crippen molar-refractivity contribution in [1.82, 2.24) is 10.6 Å². The molecule has 0 aliphatic heterocycles. The van der Waals surface area contributed by atoms with Crippen LogP contribution in [-0.4, -0.2) is 36.7 Å². The molecule has 0 bridgehead atoms. The van der Waals surface area contributed by atoms with Crippen molar-refractivity contribution in [2.75, 3.05) is 31.1 Å². The molecule has 0 saturated heterocycles. The fourth-order valence-corrected chi connectivity index (χ4v) is 2.42. The molecule has 0 fully saturated rings. The maximum Gasteiger partial charge on any atom is 0.0241 e. The van der Waals surface area contributed by atoms with Gasteiger partial charge in [-0.15, -0.1) is 0 Å². The van der Waals surface area contributed by atoms with Crippen LogP contribution in [0.3, 0.4) is 0 Å². The smallest absolute Gasteiger partial charge is 0.0241 e. The van der Waals surface area contributed by atoms with E-state index in [9.17, 15) is 0 Å². The maximum absolute atomic E-state index is 4.51. The van der Waals surface area contributed by atoms with Crippen LogP contribution in [0, 0.1) is 5.41 Å². The molecule has 2 atom stereocenters. The van der Waals surface area contributed by atoms with Crippen LogP contribution in [0.2, 0.25) is 0 Å². The lowest BCUT2D eigenvalue weighted by molar-refractivity contribution is 0.263. The summed E-state index contributed by atoms with van der Waals surface area (Å²) in [6.07, 6.45) is 2.32. The summed E-state index contributed by atoms with van der Waals surface area (Å²) >= 11 is 8.97. The van der Waals surface area contributed by atoms with Gasteiger partial charge in [-0.2, -0.15) is 25.3 Å². The van der Waals surface area contributed by atoms with Crippen LogP contribution < -0.4 is 10.6 Å². The third-order valence-corrected chi connectivity index (χ3v) is 4.88. The lowest BCUT2D eigenvalue weighted by atomic mass is 9.82. The molecule has 0 aromatic carbocycles. The van der Waals surface area contributed by atoms with Gasteiger partial charge in [0.25, 0.3) is 0 Å². The van der Waals surface area contributed by atoms with E-state index < -0.39 is 0 Å². The van der Waals surface area contributed by atoms with Crippen molar-refractivity contribution in [2.45, 2.75) is 46.1 Å². The summed E-state index contributed by atoms with van der Waals surface area (Å²) in [6.45, 7) is 11.9. The molecule has 0 heterocycles. The molecule has 17 heavy (non-hydrogen) atoms. The Hall–Kier alpha value is 0.620. The van der Waals surface area contributed by atoms with Crippen LogP contribution in [-0.2, 0) is 0 Å². The Bertz CT molecular complexity index is 202. The molecule has 4 heteroatoms. The van der Waals surface area contributed by atoms with Gasteiger partial charge in [0, 0.05) is 17.8 Å². The topological polar surface area (TPSA) is 24.1 Å². The average molecular weight is 279 g/mol. The molecule has 0 unspecified atom stereocenters. The van der Waals surface area contributed by atoms with Gasteiger partial charge in [0.15, 0.2) is 0 Å². The van der Waals surface area contributed by atoms with Crippen LogP contribution in [0.4, 0.5) is 0 Å². The van der Waals surface area contributed by atoms with Crippen molar-refractivity contribution >= 4 is 25.3 Å². The first-order valence-electron chi connectivity index (χ1n) is 6.63. The highest BCUT2D eigenvalue weighted by atomic mass is 32.1. The summed E-state index contributed by atoms with van der Waals surface area (Å²) in [5, 5.41) is 6.98. The highest BCUT2D eigenvalue weighted by Gasteiger charge is 2.28. The molecule has 0 aliphatic carbocycles. The summed E-state index contributed by atoms with van der Waals surface area (Å²) in [6, 6.07) is 0. The fraction of sp³-hybridized carbons (Fsp3) is 1.00. The summed E-state index contributed by atoms with van der Waals surface area (Å²) in [4.78, 5) is 0. The molecule has 0 aromatic heterocycles. The minimum atomic E-state index is 0.147. The summed E-state index contributed by atoms with van der Waals surface area (Å²) in [7, 11) is 0. The van der Waals surface area contributed by atoms with E-state index in [0.29, 0.717) is 0 Å². The molecular weight excluding hydrogens is 248 g/mol. The molecule has 2 nitrogen and oxygen atoms in total. The van der Waals surface area contributed by atoms with E-state index in [2.05, 4.69) is 63.6 Å². The van der Waals surface area contributed by atoms with Gasteiger partial charge in [-0.25, -0.2) is 0 Å². The minimum absolute atomic E-state index is 0.147. The number of rotatable bonds is 10. The van der Waals surface area contributed by atoms with Gasteiger partial charge in [-0.3, -0.25) is 0 Å². The van der Waals surface area contributed by atoms with Crippen LogP contribution >= 0.6 is 25.3 Å². The van der Waals surface area contributed by atoms with Crippen molar-refractivity contribution in [1.29, 1.82) is 0 Å². The summed E-state index contributed by atoms with van der Waals surface area (Å²) in [5.41, 5.74) is 0.424. The lowest BCUT2D eigenvalue weighted by Crippen LogP contribution is -2.46. The first-order valence-corrected chi connectivity index (χ1v) is 7.89. The highest BCUT2D eigenvalue weighted by Crippen LogP contribution is 2.28. The zero-order valence-corrected chi connectivity index (χ0v) is 13.6. The van der Waals surface area contributed by atoms with Gasteiger partial charge >= 0.3 is 0 Å². The van der Waals surface area contributed by atoms with Crippen LogP contribution in [0.15, 0.2) is 0 Å². The van der Waals surface area contributed by atoms with E-state index in [4.69, 9.17) is 0 Å². The van der Waals surface area contributed by atoms with E-state index in [1.54, 1.807) is 0 Å². The van der Waals surface area contributed by atoms with E-state index in [1.165, 1.54) is 6.42 Å². The Labute approximate surface area is 119 Å². The first kappa shape index (κ1) is 17.6. The Morgan fingerprint density at radius 3 is 2.00 bits per heavy atom.